The summed E-state index contributed by atoms with van der Waals surface area (Å²) in [6.45, 7) is 3.56. The molecule has 0 fully saturated rings. The predicted octanol–water partition coefficient (Wildman–Crippen LogP) is 2.67. The van der Waals surface area contributed by atoms with E-state index in [1.54, 1.807) is 31.2 Å². The number of carbonyl (C=O) groups excluding carboxylic acids is 1. The molecule has 0 saturated carbocycles. The first kappa shape index (κ1) is 14.8. The molecule has 0 spiro atoms. The van der Waals surface area contributed by atoms with Crippen molar-refractivity contribution in [1.29, 1.82) is 0 Å². The quantitative estimate of drug-likeness (QED) is 0.807. The third-order valence-electron chi connectivity index (χ3n) is 3.31. The largest absolute Gasteiger partial charge is 0.305 e. The number of anilines is 1. The summed E-state index contributed by atoms with van der Waals surface area (Å²) in [5.74, 6) is -0.283. The lowest BCUT2D eigenvalue weighted by atomic mass is 10.2. The zero-order chi connectivity index (χ0) is 16.4. The molecule has 1 amide bonds. The van der Waals surface area contributed by atoms with Crippen LogP contribution in [0.2, 0.25) is 0 Å². The second kappa shape index (κ2) is 5.96. The molecule has 0 aliphatic carbocycles. The Balaban J connectivity index is 1.86. The van der Waals surface area contributed by atoms with Crippen LogP contribution in [0.1, 0.15) is 21.9 Å². The Morgan fingerprint density at radius 3 is 2.57 bits per heavy atom. The maximum absolute atomic E-state index is 13.0. The number of carbonyl (C=O) groups is 1. The van der Waals surface area contributed by atoms with Gasteiger partial charge in [-0.1, -0.05) is 11.3 Å². The van der Waals surface area contributed by atoms with E-state index in [0.717, 1.165) is 5.69 Å². The first-order valence-corrected chi connectivity index (χ1v) is 6.98. The van der Waals surface area contributed by atoms with Crippen LogP contribution in [0.15, 0.2) is 42.5 Å². The molecule has 116 valence electrons. The zero-order valence-electron chi connectivity index (χ0n) is 12.6. The Morgan fingerprint density at radius 2 is 1.87 bits per heavy atom. The van der Waals surface area contributed by atoms with Crippen molar-refractivity contribution >= 4 is 11.7 Å². The molecule has 6 nitrogen and oxygen atoms in total. The highest BCUT2D eigenvalue weighted by atomic mass is 19.1. The fraction of sp³-hybridized carbons (Fsp3) is 0.125. The zero-order valence-corrected chi connectivity index (χ0v) is 12.6. The summed E-state index contributed by atoms with van der Waals surface area (Å²) in [4.78, 5) is 16.5. The van der Waals surface area contributed by atoms with Crippen LogP contribution in [0.3, 0.4) is 0 Å². The van der Waals surface area contributed by atoms with Crippen molar-refractivity contribution < 1.29 is 9.18 Å². The van der Waals surface area contributed by atoms with Gasteiger partial charge < -0.3 is 5.32 Å². The van der Waals surface area contributed by atoms with Gasteiger partial charge in [0.05, 0.1) is 11.4 Å². The van der Waals surface area contributed by atoms with Crippen LogP contribution in [0, 0.1) is 19.7 Å². The van der Waals surface area contributed by atoms with Crippen LogP contribution in [0.5, 0.6) is 0 Å². The topological polar surface area (TPSA) is 72.7 Å². The average molecular weight is 311 g/mol. The number of hydrogen-bond donors (Lipinski definition) is 1. The molecule has 0 aliphatic rings. The Bertz CT molecular complexity index is 857. The van der Waals surface area contributed by atoms with Gasteiger partial charge in [0.2, 0.25) is 0 Å². The molecule has 1 aromatic carbocycles. The minimum Gasteiger partial charge on any atom is -0.305 e. The lowest BCUT2D eigenvalue weighted by Crippen LogP contribution is -2.15. The van der Waals surface area contributed by atoms with Gasteiger partial charge in [-0.3, -0.25) is 4.79 Å². The van der Waals surface area contributed by atoms with E-state index in [1.807, 2.05) is 13.0 Å². The van der Waals surface area contributed by atoms with Gasteiger partial charge in [-0.25, -0.2) is 14.1 Å². The molecular weight excluding hydrogens is 297 g/mol. The number of nitrogens with zero attached hydrogens (tertiary/aromatic N) is 4. The summed E-state index contributed by atoms with van der Waals surface area (Å²) < 4.78 is 14.5. The lowest BCUT2D eigenvalue weighted by Gasteiger charge is -2.05. The summed E-state index contributed by atoms with van der Waals surface area (Å²) in [5, 5.41) is 10.6. The predicted molar refractivity (Wildman–Crippen MR) is 83.0 cm³/mol. The van der Waals surface area contributed by atoms with E-state index in [-0.39, 0.29) is 11.5 Å². The van der Waals surface area contributed by atoms with Crippen molar-refractivity contribution in [3.05, 3.63) is 65.4 Å². The van der Waals surface area contributed by atoms with E-state index in [4.69, 9.17) is 0 Å². The SMILES string of the molecule is Cc1cccc(NC(=O)c2nnn(-c3ccc(F)cc3)c2C)n1. The third kappa shape index (κ3) is 3.08. The Morgan fingerprint density at radius 1 is 1.13 bits per heavy atom. The summed E-state index contributed by atoms with van der Waals surface area (Å²) >= 11 is 0. The fourth-order valence-electron chi connectivity index (χ4n) is 2.15. The highest BCUT2D eigenvalue weighted by Crippen LogP contribution is 2.14. The molecule has 0 bridgehead atoms. The summed E-state index contributed by atoms with van der Waals surface area (Å²) in [5.41, 5.74) is 2.18. The van der Waals surface area contributed by atoms with Gasteiger partial charge in [-0.2, -0.15) is 0 Å². The van der Waals surface area contributed by atoms with Gasteiger partial charge in [0.15, 0.2) is 5.69 Å². The van der Waals surface area contributed by atoms with E-state index in [2.05, 4.69) is 20.6 Å². The number of benzene rings is 1. The lowest BCUT2D eigenvalue weighted by molar-refractivity contribution is 0.102. The molecule has 0 aliphatic heterocycles. The van der Waals surface area contributed by atoms with Gasteiger partial charge >= 0.3 is 0 Å². The Kier molecular flexibility index (Phi) is 3.84. The van der Waals surface area contributed by atoms with Crippen molar-refractivity contribution in [2.75, 3.05) is 5.32 Å². The van der Waals surface area contributed by atoms with Crippen molar-refractivity contribution in [3.8, 4) is 5.69 Å². The van der Waals surface area contributed by atoms with Crippen molar-refractivity contribution in [2.24, 2.45) is 0 Å². The molecule has 3 aromatic rings. The average Bonchev–Trinajstić information content (AvgIpc) is 2.90. The highest BCUT2D eigenvalue weighted by molar-refractivity contribution is 6.03. The number of hydrogen-bond acceptors (Lipinski definition) is 4. The Labute approximate surface area is 132 Å². The van der Waals surface area contributed by atoms with Crippen molar-refractivity contribution in [2.45, 2.75) is 13.8 Å². The molecule has 0 unspecified atom stereocenters. The first-order chi connectivity index (χ1) is 11.0. The normalized spacial score (nSPS) is 10.6. The van der Waals surface area contributed by atoms with Crippen LogP contribution in [0.25, 0.3) is 5.69 Å². The maximum Gasteiger partial charge on any atom is 0.279 e. The van der Waals surface area contributed by atoms with Gasteiger partial charge in [0.1, 0.15) is 11.6 Å². The second-order valence-electron chi connectivity index (χ2n) is 5.03. The third-order valence-corrected chi connectivity index (χ3v) is 3.31. The Hall–Kier alpha value is -3.09. The van der Waals surface area contributed by atoms with Crippen LogP contribution < -0.4 is 5.32 Å². The standard InChI is InChI=1S/C16H14FN5O/c1-10-4-3-5-14(18-10)19-16(23)15-11(2)22(21-20-15)13-8-6-12(17)7-9-13/h3-9H,1-2H3,(H,18,19,23). The first-order valence-electron chi connectivity index (χ1n) is 6.98. The molecule has 0 radical (unpaired) electrons. The van der Waals surface area contributed by atoms with E-state index in [9.17, 15) is 9.18 Å². The number of halogens is 1. The molecule has 23 heavy (non-hydrogen) atoms. The highest BCUT2D eigenvalue weighted by Gasteiger charge is 2.17. The van der Waals surface area contributed by atoms with Gasteiger partial charge in [0.25, 0.3) is 5.91 Å². The smallest absolute Gasteiger partial charge is 0.279 e. The molecule has 2 heterocycles. The number of amides is 1. The monoisotopic (exact) mass is 311 g/mol. The number of nitrogens with one attached hydrogen (secondary N) is 1. The van der Waals surface area contributed by atoms with Crippen LogP contribution >= 0.6 is 0 Å². The molecule has 1 N–H and O–H groups in total. The minimum absolute atomic E-state index is 0.192. The van der Waals surface area contributed by atoms with Gasteiger partial charge in [-0.15, -0.1) is 5.10 Å². The number of rotatable bonds is 3. The number of pyridine rings is 1. The van der Waals surface area contributed by atoms with Crippen LogP contribution in [0.4, 0.5) is 10.2 Å². The molecule has 0 saturated heterocycles. The van der Waals surface area contributed by atoms with E-state index >= 15 is 0 Å². The van der Waals surface area contributed by atoms with E-state index in [1.165, 1.54) is 16.8 Å². The maximum atomic E-state index is 13.0. The molecule has 7 heteroatoms. The summed E-state index contributed by atoms with van der Waals surface area (Å²) in [6.07, 6.45) is 0. The van der Waals surface area contributed by atoms with Gasteiger partial charge in [-0.05, 0) is 50.2 Å². The molecule has 0 atom stereocenters. The number of aromatic nitrogens is 4. The van der Waals surface area contributed by atoms with E-state index < -0.39 is 5.91 Å². The second-order valence-corrected chi connectivity index (χ2v) is 5.03. The van der Waals surface area contributed by atoms with Crippen LogP contribution in [-0.2, 0) is 0 Å². The van der Waals surface area contributed by atoms with Crippen molar-refractivity contribution in [1.82, 2.24) is 20.0 Å². The van der Waals surface area contributed by atoms with Crippen LogP contribution in [-0.4, -0.2) is 25.9 Å². The van der Waals surface area contributed by atoms with E-state index in [0.29, 0.717) is 17.2 Å². The molecular formula is C16H14FN5O. The van der Waals surface area contributed by atoms with Crippen molar-refractivity contribution in [3.63, 3.8) is 0 Å². The molecule has 3 rings (SSSR count). The fourth-order valence-corrected chi connectivity index (χ4v) is 2.15. The number of aryl methyl sites for hydroxylation is 1. The summed E-state index contributed by atoms with van der Waals surface area (Å²) in [6, 6.07) is 11.1. The summed E-state index contributed by atoms with van der Waals surface area (Å²) in [7, 11) is 0. The van der Waals surface area contributed by atoms with Gasteiger partial charge in [0, 0.05) is 5.69 Å². The minimum atomic E-state index is -0.394. The molecule has 2 aromatic heterocycles.